The second kappa shape index (κ2) is 16.2. The van der Waals surface area contributed by atoms with Crippen molar-refractivity contribution in [2.24, 2.45) is 21.9 Å². The Kier molecular flexibility index (Phi) is 12.2. The number of aliphatic hydroxyl groups is 1. The number of azide groups is 1. The van der Waals surface area contributed by atoms with E-state index in [4.69, 9.17) is 24.3 Å². The molecule has 5 aliphatic rings. The highest BCUT2D eigenvalue weighted by Crippen LogP contribution is 2.46. The topological polar surface area (TPSA) is 141 Å². The van der Waals surface area contributed by atoms with Crippen molar-refractivity contribution in [2.75, 3.05) is 52.6 Å². The molecule has 3 fully saturated rings. The first-order valence-corrected chi connectivity index (χ1v) is 17.0. The fourth-order valence-electron chi connectivity index (χ4n) is 7.75. The number of aliphatic imine (C=N–C) groups is 1. The molecule has 11 heteroatoms. The number of allylic oxidation sites excluding steroid dienone is 1. The molecule has 11 nitrogen and oxygen atoms in total. The molecule has 1 saturated heterocycles. The second-order valence-corrected chi connectivity index (χ2v) is 13.1. The van der Waals surface area contributed by atoms with Gasteiger partial charge in [0.15, 0.2) is 17.5 Å². The molecule has 0 aromatic carbocycles. The number of carbonyl (C=O) groups is 1. The zero-order valence-corrected chi connectivity index (χ0v) is 25.9. The summed E-state index contributed by atoms with van der Waals surface area (Å²) in [6.07, 6.45) is 13.9. The van der Waals surface area contributed by atoms with Crippen molar-refractivity contribution in [3.63, 3.8) is 0 Å². The molecule has 2 heterocycles. The van der Waals surface area contributed by atoms with Crippen LogP contribution in [0.1, 0.15) is 96.3 Å². The van der Waals surface area contributed by atoms with Crippen molar-refractivity contribution in [1.82, 2.24) is 10.2 Å². The SMILES string of the molecule is [N-]=[N+]=NC1=C([C@H]2OC(C3CCC(OCCCO)CC3)=N[C@@]2(CC2CCCCC2)C(=O)NCCN2CCOCC2)CCCC1. The molecule has 5 rings (SSSR count). The summed E-state index contributed by atoms with van der Waals surface area (Å²) in [6.45, 7) is 5.29. The van der Waals surface area contributed by atoms with Crippen molar-refractivity contribution in [3.8, 4) is 0 Å². The smallest absolute Gasteiger partial charge is 0.252 e. The number of nitrogens with zero attached hydrogens (tertiary/aromatic N) is 5. The first-order valence-electron chi connectivity index (χ1n) is 17.0. The van der Waals surface area contributed by atoms with E-state index in [2.05, 4.69) is 20.2 Å². The van der Waals surface area contributed by atoms with Crippen LogP contribution in [-0.4, -0.2) is 92.2 Å². The van der Waals surface area contributed by atoms with Crippen LogP contribution in [0.2, 0.25) is 0 Å². The summed E-state index contributed by atoms with van der Waals surface area (Å²) in [5.74, 6) is 1.21. The fraction of sp³-hybridized carbons (Fsp3) is 0.875. The Balaban J connectivity index is 1.42. The van der Waals surface area contributed by atoms with E-state index >= 15 is 0 Å². The maximum atomic E-state index is 14.5. The van der Waals surface area contributed by atoms with Crippen molar-refractivity contribution >= 4 is 11.8 Å². The van der Waals surface area contributed by atoms with Crippen LogP contribution in [0.3, 0.4) is 0 Å². The Morgan fingerprint density at radius 1 is 1.09 bits per heavy atom. The monoisotopic (exact) mass is 600 g/mol. The summed E-state index contributed by atoms with van der Waals surface area (Å²) in [7, 11) is 0. The van der Waals surface area contributed by atoms with E-state index in [-0.39, 0.29) is 24.5 Å². The highest BCUT2D eigenvalue weighted by molar-refractivity contribution is 5.94. The van der Waals surface area contributed by atoms with Crippen molar-refractivity contribution in [3.05, 3.63) is 21.7 Å². The van der Waals surface area contributed by atoms with Gasteiger partial charge in [0, 0.05) is 55.9 Å². The molecule has 43 heavy (non-hydrogen) atoms. The molecule has 2 aliphatic heterocycles. The molecule has 2 N–H and O–H groups in total. The maximum Gasteiger partial charge on any atom is 0.252 e. The molecule has 0 radical (unpaired) electrons. The van der Waals surface area contributed by atoms with Crippen LogP contribution in [0, 0.1) is 11.8 Å². The third-order valence-electron chi connectivity index (χ3n) is 10.2. The number of rotatable bonds is 13. The minimum Gasteiger partial charge on any atom is -0.470 e. The molecule has 240 valence electrons. The van der Waals surface area contributed by atoms with E-state index in [0.717, 1.165) is 102 Å². The largest absolute Gasteiger partial charge is 0.470 e. The van der Waals surface area contributed by atoms with Gasteiger partial charge in [0.05, 0.1) is 19.3 Å². The van der Waals surface area contributed by atoms with Gasteiger partial charge in [0.2, 0.25) is 0 Å². The van der Waals surface area contributed by atoms with E-state index < -0.39 is 11.6 Å². The number of hydrogen-bond acceptors (Lipinski definition) is 8. The average Bonchev–Trinajstić information content (AvgIpc) is 3.43. The Labute approximate surface area is 256 Å². The predicted molar refractivity (Wildman–Crippen MR) is 165 cm³/mol. The Bertz CT molecular complexity index is 1030. The lowest BCUT2D eigenvalue weighted by atomic mass is 9.73. The van der Waals surface area contributed by atoms with Crippen LogP contribution in [0.15, 0.2) is 21.4 Å². The molecular weight excluding hydrogens is 548 g/mol. The van der Waals surface area contributed by atoms with Crippen molar-refractivity contribution in [1.29, 1.82) is 0 Å². The van der Waals surface area contributed by atoms with Crippen molar-refractivity contribution < 1.29 is 24.1 Å². The second-order valence-electron chi connectivity index (χ2n) is 13.1. The molecule has 3 aliphatic carbocycles. The summed E-state index contributed by atoms with van der Waals surface area (Å²) in [5, 5.41) is 16.6. The summed E-state index contributed by atoms with van der Waals surface area (Å²) in [6, 6.07) is 0. The lowest BCUT2D eigenvalue weighted by molar-refractivity contribution is -0.129. The van der Waals surface area contributed by atoms with Gasteiger partial charge in [-0.2, -0.15) is 0 Å². The maximum absolute atomic E-state index is 14.5. The fourth-order valence-corrected chi connectivity index (χ4v) is 7.75. The van der Waals surface area contributed by atoms with E-state index in [0.29, 0.717) is 44.2 Å². The summed E-state index contributed by atoms with van der Waals surface area (Å²) < 4.78 is 18.4. The molecule has 0 spiro atoms. The van der Waals surface area contributed by atoms with Gasteiger partial charge < -0.3 is 24.6 Å². The molecular formula is C32H52N6O5. The van der Waals surface area contributed by atoms with Gasteiger partial charge in [-0.15, -0.1) is 0 Å². The van der Waals surface area contributed by atoms with Gasteiger partial charge in [0.25, 0.3) is 5.91 Å². The Hall–Kier alpha value is -2.17. The summed E-state index contributed by atoms with van der Waals surface area (Å²) in [5.41, 5.74) is 10.1. The van der Waals surface area contributed by atoms with Gasteiger partial charge in [-0.25, -0.2) is 4.99 Å². The van der Waals surface area contributed by atoms with Gasteiger partial charge in [0.1, 0.15) is 0 Å². The van der Waals surface area contributed by atoms with Gasteiger partial charge in [-0.05, 0) is 81.2 Å². The first-order chi connectivity index (χ1) is 21.1. The zero-order chi connectivity index (χ0) is 29.9. The Morgan fingerprint density at radius 3 is 2.60 bits per heavy atom. The third kappa shape index (κ3) is 8.31. The minimum atomic E-state index is -1.06. The predicted octanol–water partition coefficient (Wildman–Crippen LogP) is 5.04. The number of nitrogens with one attached hydrogen (secondary N) is 1. The zero-order valence-electron chi connectivity index (χ0n) is 25.9. The molecule has 2 atom stereocenters. The van der Waals surface area contributed by atoms with Crippen LogP contribution in [0.5, 0.6) is 0 Å². The van der Waals surface area contributed by atoms with Crippen molar-refractivity contribution in [2.45, 2.75) is 114 Å². The number of aliphatic hydroxyl groups excluding tert-OH is 1. The highest BCUT2D eigenvalue weighted by Gasteiger charge is 2.56. The average molecular weight is 601 g/mol. The summed E-state index contributed by atoms with van der Waals surface area (Å²) >= 11 is 0. The molecule has 0 bridgehead atoms. The van der Waals surface area contributed by atoms with Crippen LogP contribution >= 0.6 is 0 Å². The van der Waals surface area contributed by atoms with Gasteiger partial charge in [-0.3, -0.25) is 9.69 Å². The van der Waals surface area contributed by atoms with Crippen LogP contribution in [0.25, 0.3) is 10.4 Å². The van der Waals surface area contributed by atoms with Crippen LogP contribution < -0.4 is 5.32 Å². The van der Waals surface area contributed by atoms with E-state index in [1.807, 2.05) is 0 Å². The number of morpholine rings is 1. The number of carbonyl (C=O) groups excluding carboxylic acids is 1. The van der Waals surface area contributed by atoms with Gasteiger partial charge >= 0.3 is 0 Å². The standard InChI is InChI=1S/C32H52N6O5/c33-37-36-28-10-5-4-9-27(28)29-32(23-24-7-2-1-3-8-24,31(40)34-15-16-38-17-21-41-22-18-38)35-30(43-29)25-11-13-26(14-12-25)42-20-6-19-39/h24-26,29,39H,1-23H2,(H,34,40)/t25?,26?,29-,32-/m1/s1. The lowest BCUT2D eigenvalue weighted by Crippen LogP contribution is -2.55. The van der Waals surface area contributed by atoms with Crippen LogP contribution in [0.4, 0.5) is 0 Å². The van der Waals surface area contributed by atoms with Gasteiger partial charge in [-0.1, -0.05) is 37.2 Å². The molecule has 0 unspecified atom stereocenters. The number of hydrogen-bond donors (Lipinski definition) is 2. The van der Waals surface area contributed by atoms with E-state index in [1.165, 1.54) is 19.3 Å². The lowest BCUT2D eigenvalue weighted by Gasteiger charge is -2.37. The van der Waals surface area contributed by atoms with Crippen LogP contribution in [-0.2, 0) is 19.0 Å². The normalized spacial score (nSPS) is 30.8. The molecule has 1 amide bonds. The number of ether oxygens (including phenoxy) is 3. The quantitative estimate of drug-likeness (QED) is 0.131. The van der Waals surface area contributed by atoms with E-state index in [1.54, 1.807) is 0 Å². The van der Waals surface area contributed by atoms with E-state index in [9.17, 15) is 10.3 Å². The highest BCUT2D eigenvalue weighted by atomic mass is 16.5. The molecule has 2 saturated carbocycles. The molecule has 0 aromatic heterocycles. The third-order valence-corrected chi connectivity index (χ3v) is 10.2. The number of amides is 1. The first kappa shape index (κ1) is 32.2. The minimum absolute atomic E-state index is 0.0503. The summed E-state index contributed by atoms with van der Waals surface area (Å²) in [4.78, 5) is 25.4. The molecule has 0 aromatic rings. The Morgan fingerprint density at radius 2 is 1.86 bits per heavy atom.